The van der Waals surface area contributed by atoms with E-state index in [1.54, 1.807) is 12.4 Å². The average Bonchev–Trinajstić information content (AvgIpc) is 2.96. The van der Waals surface area contributed by atoms with Gasteiger partial charge in [0.15, 0.2) is 0 Å². The first-order valence-corrected chi connectivity index (χ1v) is 7.31. The van der Waals surface area contributed by atoms with Crippen molar-refractivity contribution in [2.45, 2.75) is 26.4 Å². The van der Waals surface area contributed by atoms with Crippen molar-refractivity contribution in [1.29, 1.82) is 0 Å². The van der Waals surface area contributed by atoms with E-state index < -0.39 is 0 Å². The van der Waals surface area contributed by atoms with Crippen LogP contribution in [0.5, 0.6) is 0 Å². The topological polar surface area (TPSA) is 59.8 Å². The molecule has 112 valence electrons. The summed E-state index contributed by atoms with van der Waals surface area (Å²) < 4.78 is 1.90. The van der Waals surface area contributed by atoms with Gasteiger partial charge >= 0.3 is 0 Å². The molecule has 0 bridgehead atoms. The summed E-state index contributed by atoms with van der Waals surface area (Å²) in [6.07, 6.45) is 5.70. The minimum atomic E-state index is 0.0223. The smallest absolute Gasteiger partial charge is 0.222 e. The van der Waals surface area contributed by atoms with E-state index in [9.17, 15) is 4.79 Å². The van der Waals surface area contributed by atoms with E-state index in [4.69, 9.17) is 0 Å². The average molecular weight is 294 g/mol. The second kappa shape index (κ2) is 6.39. The predicted molar refractivity (Wildman–Crippen MR) is 85.2 cm³/mol. The Labute approximate surface area is 129 Å². The number of nitrogens with zero attached hydrogens (tertiary/aromatic N) is 3. The van der Waals surface area contributed by atoms with Crippen LogP contribution >= 0.6 is 0 Å². The molecule has 3 rings (SSSR count). The lowest BCUT2D eigenvalue weighted by atomic mass is 10.2. The van der Waals surface area contributed by atoms with Crippen molar-refractivity contribution < 1.29 is 4.79 Å². The lowest BCUT2D eigenvalue weighted by molar-refractivity contribution is -0.121. The fraction of sp³-hybridized carbons (Fsp3) is 0.235. The van der Waals surface area contributed by atoms with E-state index in [1.807, 2.05) is 35.1 Å². The number of fused-ring (bicyclic) bond motifs is 1. The lowest BCUT2D eigenvalue weighted by Crippen LogP contribution is -2.24. The van der Waals surface area contributed by atoms with Crippen LogP contribution in [-0.4, -0.2) is 20.7 Å². The van der Waals surface area contributed by atoms with Gasteiger partial charge in [-0.1, -0.05) is 18.2 Å². The molecule has 0 atom stereocenters. The maximum atomic E-state index is 12.0. The molecule has 0 saturated carbocycles. The first-order chi connectivity index (χ1) is 10.7. The number of hydrogen-bond donors (Lipinski definition) is 1. The van der Waals surface area contributed by atoms with Gasteiger partial charge in [-0.25, -0.2) is 0 Å². The summed E-state index contributed by atoms with van der Waals surface area (Å²) in [7, 11) is 0. The first kappa shape index (κ1) is 14.3. The van der Waals surface area contributed by atoms with Crippen molar-refractivity contribution in [2.75, 3.05) is 0 Å². The predicted octanol–water partition coefficient (Wildman–Crippen LogP) is 2.45. The molecular weight excluding hydrogens is 276 g/mol. The highest BCUT2D eigenvalue weighted by atomic mass is 16.1. The van der Waals surface area contributed by atoms with Crippen LogP contribution in [0, 0.1) is 6.92 Å². The molecule has 0 aliphatic heterocycles. The monoisotopic (exact) mass is 294 g/mol. The summed E-state index contributed by atoms with van der Waals surface area (Å²) >= 11 is 0. The summed E-state index contributed by atoms with van der Waals surface area (Å²) in [6, 6.07) is 9.90. The van der Waals surface area contributed by atoms with Gasteiger partial charge in [0.2, 0.25) is 5.91 Å². The first-order valence-electron chi connectivity index (χ1n) is 7.31. The van der Waals surface area contributed by atoms with Gasteiger partial charge in [-0.3, -0.25) is 14.5 Å². The highest BCUT2D eigenvalue weighted by Gasteiger charge is 2.07. The second-order valence-electron chi connectivity index (χ2n) is 5.26. The maximum Gasteiger partial charge on any atom is 0.222 e. The van der Waals surface area contributed by atoms with Crippen LogP contribution in [0.4, 0.5) is 0 Å². The molecule has 5 heteroatoms. The van der Waals surface area contributed by atoms with Gasteiger partial charge in [-0.15, -0.1) is 0 Å². The molecule has 0 aliphatic rings. The van der Waals surface area contributed by atoms with Crippen molar-refractivity contribution in [3.63, 3.8) is 0 Å². The summed E-state index contributed by atoms with van der Waals surface area (Å²) in [5, 5.41) is 8.40. The minimum absolute atomic E-state index is 0.0223. The Morgan fingerprint density at radius 3 is 2.86 bits per heavy atom. The summed E-state index contributed by atoms with van der Waals surface area (Å²) in [4.78, 5) is 15.9. The van der Waals surface area contributed by atoms with Gasteiger partial charge in [0.1, 0.15) is 0 Å². The highest BCUT2D eigenvalue weighted by Crippen LogP contribution is 2.17. The molecule has 22 heavy (non-hydrogen) atoms. The third-order valence-electron chi connectivity index (χ3n) is 3.65. The normalized spacial score (nSPS) is 10.8. The molecule has 0 fully saturated rings. The number of rotatable bonds is 5. The Balaban J connectivity index is 1.58. The molecule has 0 unspecified atom stereocenters. The summed E-state index contributed by atoms with van der Waals surface area (Å²) in [6.45, 7) is 3.17. The molecule has 1 amide bonds. The van der Waals surface area contributed by atoms with Crippen molar-refractivity contribution in [3.8, 4) is 0 Å². The number of aryl methyl sites for hydroxylation is 2. The number of pyridine rings is 1. The molecule has 1 aromatic carbocycles. The Morgan fingerprint density at radius 2 is 2.05 bits per heavy atom. The number of para-hydroxylation sites is 1. The van der Waals surface area contributed by atoms with Crippen molar-refractivity contribution in [1.82, 2.24) is 20.1 Å². The summed E-state index contributed by atoms with van der Waals surface area (Å²) in [5.74, 6) is 0.0223. The number of hydrogen-bond acceptors (Lipinski definition) is 3. The van der Waals surface area contributed by atoms with Crippen LogP contribution in [0.1, 0.15) is 17.5 Å². The molecular formula is C17H18N4O. The molecule has 3 aromatic rings. The molecule has 1 N–H and O–H groups in total. The van der Waals surface area contributed by atoms with Gasteiger partial charge in [0, 0.05) is 30.7 Å². The fourth-order valence-electron chi connectivity index (χ4n) is 2.49. The van der Waals surface area contributed by atoms with E-state index in [2.05, 4.69) is 28.4 Å². The van der Waals surface area contributed by atoms with E-state index in [1.165, 1.54) is 5.56 Å². The zero-order chi connectivity index (χ0) is 15.4. The van der Waals surface area contributed by atoms with E-state index in [0.717, 1.165) is 16.5 Å². The van der Waals surface area contributed by atoms with Gasteiger partial charge in [0.25, 0.3) is 0 Å². The second-order valence-corrected chi connectivity index (χ2v) is 5.26. The molecule has 0 spiro atoms. The quantitative estimate of drug-likeness (QED) is 0.786. The minimum Gasteiger partial charge on any atom is -0.352 e. The number of carbonyl (C=O) groups is 1. The van der Waals surface area contributed by atoms with E-state index in [0.29, 0.717) is 19.5 Å². The zero-order valence-electron chi connectivity index (χ0n) is 12.5. The molecule has 0 aliphatic carbocycles. The zero-order valence-corrected chi connectivity index (χ0v) is 12.5. The van der Waals surface area contributed by atoms with Crippen molar-refractivity contribution in [2.24, 2.45) is 0 Å². The largest absolute Gasteiger partial charge is 0.352 e. The number of benzene rings is 1. The standard InChI is InChI=1S/C17H18N4O/c1-13-3-2-4-15-12-20-21(17(13)15)10-7-16(22)19-11-14-5-8-18-9-6-14/h2-6,8-9,12H,7,10-11H2,1H3,(H,19,22). The lowest BCUT2D eigenvalue weighted by Gasteiger charge is -2.07. The van der Waals surface area contributed by atoms with Gasteiger partial charge in [-0.05, 0) is 30.2 Å². The van der Waals surface area contributed by atoms with E-state index in [-0.39, 0.29) is 5.91 Å². The van der Waals surface area contributed by atoms with Crippen molar-refractivity contribution >= 4 is 16.8 Å². The third-order valence-corrected chi connectivity index (χ3v) is 3.65. The Morgan fingerprint density at radius 1 is 1.23 bits per heavy atom. The Hall–Kier alpha value is -2.69. The number of amides is 1. The summed E-state index contributed by atoms with van der Waals surface area (Å²) in [5.41, 5.74) is 3.32. The SMILES string of the molecule is Cc1cccc2cnn(CCC(=O)NCc3ccncc3)c12. The van der Waals surface area contributed by atoms with Gasteiger partial charge in [-0.2, -0.15) is 5.10 Å². The molecule has 5 nitrogen and oxygen atoms in total. The molecule has 2 aromatic heterocycles. The van der Waals surface area contributed by atoms with Crippen LogP contribution in [0.25, 0.3) is 10.9 Å². The van der Waals surface area contributed by atoms with Crippen LogP contribution in [0.3, 0.4) is 0 Å². The highest BCUT2D eigenvalue weighted by molar-refractivity contribution is 5.82. The Bertz CT molecular complexity index is 780. The van der Waals surface area contributed by atoms with Gasteiger partial charge in [0.05, 0.1) is 18.3 Å². The molecule has 0 radical (unpaired) electrons. The van der Waals surface area contributed by atoms with Crippen LogP contribution in [-0.2, 0) is 17.9 Å². The van der Waals surface area contributed by atoms with Crippen LogP contribution < -0.4 is 5.32 Å². The fourth-order valence-corrected chi connectivity index (χ4v) is 2.49. The van der Waals surface area contributed by atoms with E-state index >= 15 is 0 Å². The number of aromatic nitrogens is 3. The number of carbonyl (C=O) groups excluding carboxylic acids is 1. The molecule has 0 saturated heterocycles. The number of nitrogens with one attached hydrogen (secondary N) is 1. The third kappa shape index (κ3) is 3.14. The molecule has 2 heterocycles. The van der Waals surface area contributed by atoms with Crippen LogP contribution in [0.15, 0.2) is 48.9 Å². The van der Waals surface area contributed by atoms with Crippen LogP contribution in [0.2, 0.25) is 0 Å². The Kier molecular flexibility index (Phi) is 4.14. The maximum absolute atomic E-state index is 12.0. The van der Waals surface area contributed by atoms with Gasteiger partial charge < -0.3 is 5.32 Å². The van der Waals surface area contributed by atoms with Crippen molar-refractivity contribution in [3.05, 3.63) is 60.0 Å².